The number of hydrogen-bond acceptors (Lipinski definition) is 3. The second-order valence-corrected chi connectivity index (χ2v) is 6.66. The van der Waals surface area contributed by atoms with Crippen molar-refractivity contribution in [3.05, 3.63) is 47.0 Å². The fourth-order valence-corrected chi connectivity index (χ4v) is 3.49. The average Bonchev–Trinajstić information content (AvgIpc) is 3.18. The van der Waals surface area contributed by atoms with Crippen LogP contribution in [0.3, 0.4) is 0 Å². The molecule has 0 bridgehead atoms. The Bertz CT molecular complexity index is 925. The fourth-order valence-electron chi connectivity index (χ4n) is 3.49. The van der Waals surface area contributed by atoms with Crippen LogP contribution >= 0.6 is 0 Å². The number of H-pyrrole nitrogens is 1. The van der Waals surface area contributed by atoms with Crippen LogP contribution in [0.1, 0.15) is 41.5 Å². The number of nitrogens with zero attached hydrogens (tertiary/aromatic N) is 3. The Kier molecular flexibility index (Phi) is 3.91. The molecule has 25 heavy (non-hydrogen) atoms. The minimum absolute atomic E-state index is 0.00524. The highest BCUT2D eigenvalue weighted by Crippen LogP contribution is 2.27. The molecule has 0 fully saturated rings. The standard InChI is InChI=1S/C18H22N6O/c1-11-6-7-15-14(8-11)21-16(24(15)2)10-19-18(25)22-13-5-3-4-12-9-20-23-17(12)13/h6-9,13H,3-5,10H2,1-2H3,(H,20,23)(H2,19,22,25)/t13-/m1/s1. The quantitative estimate of drug-likeness (QED) is 0.685. The van der Waals surface area contributed by atoms with E-state index in [1.807, 2.05) is 24.7 Å². The van der Waals surface area contributed by atoms with Gasteiger partial charge in [-0.05, 0) is 49.4 Å². The molecule has 0 aliphatic heterocycles. The van der Waals surface area contributed by atoms with Crippen molar-refractivity contribution in [2.45, 2.75) is 38.8 Å². The van der Waals surface area contributed by atoms with Crippen molar-refractivity contribution in [2.24, 2.45) is 7.05 Å². The number of carbonyl (C=O) groups excluding carboxylic acids is 1. The van der Waals surface area contributed by atoms with Gasteiger partial charge in [-0.3, -0.25) is 5.10 Å². The Morgan fingerprint density at radius 3 is 3.20 bits per heavy atom. The maximum atomic E-state index is 12.3. The van der Waals surface area contributed by atoms with Gasteiger partial charge in [0, 0.05) is 7.05 Å². The van der Waals surface area contributed by atoms with Crippen molar-refractivity contribution in [1.29, 1.82) is 0 Å². The number of aromatic amines is 1. The first-order valence-electron chi connectivity index (χ1n) is 8.60. The largest absolute Gasteiger partial charge is 0.331 e. The van der Waals surface area contributed by atoms with Gasteiger partial charge in [-0.2, -0.15) is 5.10 Å². The van der Waals surface area contributed by atoms with E-state index >= 15 is 0 Å². The summed E-state index contributed by atoms with van der Waals surface area (Å²) in [7, 11) is 1.97. The Labute approximate surface area is 145 Å². The number of fused-ring (bicyclic) bond motifs is 2. The zero-order chi connectivity index (χ0) is 17.4. The monoisotopic (exact) mass is 338 g/mol. The van der Waals surface area contributed by atoms with Crippen molar-refractivity contribution < 1.29 is 4.79 Å². The number of urea groups is 1. The molecular weight excluding hydrogens is 316 g/mol. The van der Waals surface area contributed by atoms with Crippen LogP contribution in [0.2, 0.25) is 0 Å². The molecule has 1 atom stereocenters. The minimum Gasteiger partial charge on any atom is -0.331 e. The molecular formula is C18H22N6O. The van der Waals surface area contributed by atoms with E-state index in [0.717, 1.165) is 41.8 Å². The second kappa shape index (κ2) is 6.23. The van der Waals surface area contributed by atoms with Crippen molar-refractivity contribution in [3.8, 4) is 0 Å². The van der Waals surface area contributed by atoms with Gasteiger partial charge in [0.2, 0.25) is 0 Å². The molecule has 1 aliphatic rings. The predicted molar refractivity (Wildman–Crippen MR) is 95.1 cm³/mol. The summed E-state index contributed by atoms with van der Waals surface area (Å²) in [5, 5.41) is 13.1. The van der Waals surface area contributed by atoms with E-state index in [4.69, 9.17) is 0 Å². The maximum absolute atomic E-state index is 12.3. The number of carbonyl (C=O) groups is 1. The molecule has 3 N–H and O–H groups in total. The Morgan fingerprint density at radius 1 is 1.44 bits per heavy atom. The molecule has 2 aromatic heterocycles. The lowest BCUT2D eigenvalue weighted by molar-refractivity contribution is 0.234. The van der Waals surface area contributed by atoms with Gasteiger partial charge in [-0.15, -0.1) is 0 Å². The van der Waals surface area contributed by atoms with Crippen molar-refractivity contribution in [3.63, 3.8) is 0 Å². The molecule has 0 unspecified atom stereocenters. The lowest BCUT2D eigenvalue weighted by atomic mass is 9.94. The van der Waals surface area contributed by atoms with Gasteiger partial charge in [0.1, 0.15) is 5.82 Å². The van der Waals surface area contributed by atoms with Crippen LogP contribution < -0.4 is 10.6 Å². The Hall–Kier alpha value is -2.83. The van der Waals surface area contributed by atoms with E-state index in [9.17, 15) is 4.79 Å². The molecule has 2 heterocycles. The molecule has 4 rings (SSSR count). The molecule has 1 aromatic carbocycles. The number of rotatable bonds is 3. The van der Waals surface area contributed by atoms with E-state index in [1.54, 1.807) is 0 Å². The highest BCUT2D eigenvalue weighted by atomic mass is 16.2. The third kappa shape index (κ3) is 2.97. The molecule has 7 heteroatoms. The van der Waals surface area contributed by atoms with E-state index < -0.39 is 0 Å². The summed E-state index contributed by atoms with van der Waals surface area (Å²) >= 11 is 0. The van der Waals surface area contributed by atoms with Gasteiger partial charge in [-0.1, -0.05) is 6.07 Å². The van der Waals surface area contributed by atoms with Gasteiger partial charge in [-0.25, -0.2) is 9.78 Å². The third-order valence-electron chi connectivity index (χ3n) is 4.88. The van der Waals surface area contributed by atoms with E-state index in [0.29, 0.717) is 6.54 Å². The fraction of sp³-hybridized carbons (Fsp3) is 0.389. The van der Waals surface area contributed by atoms with E-state index in [-0.39, 0.29) is 12.1 Å². The van der Waals surface area contributed by atoms with Crippen LogP contribution in [0.5, 0.6) is 0 Å². The first-order chi connectivity index (χ1) is 12.1. The van der Waals surface area contributed by atoms with Crippen LogP contribution in [0.4, 0.5) is 4.79 Å². The first-order valence-corrected chi connectivity index (χ1v) is 8.60. The van der Waals surface area contributed by atoms with Gasteiger partial charge >= 0.3 is 6.03 Å². The number of aromatic nitrogens is 4. The summed E-state index contributed by atoms with van der Waals surface area (Å²) in [6, 6.07) is 5.99. The van der Waals surface area contributed by atoms with Crippen LogP contribution in [0.15, 0.2) is 24.4 Å². The second-order valence-electron chi connectivity index (χ2n) is 6.66. The van der Waals surface area contributed by atoms with Gasteiger partial charge in [0.05, 0.1) is 35.5 Å². The predicted octanol–water partition coefficient (Wildman–Crippen LogP) is 2.48. The molecule has 0 spiro atoms. The summed E-state index contributed by atoms with van der Waals surface area (Å²) in [5.41, 5.74) is 5.42. The zero-order valence-electron chi connectivity index (χ0n) is 14.5. The number of nitrogens with one attached hydrogen (secondary N) is 3. The summed E-state index contributed by atoms with van der Waals surface area (Å²) in [6.45, 7) is 2.44. The van der Waals surface area contributed by atoms with Crippen molar-refractivity contribution in [1.82, 2.24) is 30.4 Å². The first kappa shape index (κ1) is 15.7. The molecule has 0 saturated heterocycles. The van der Waals surface area contributed by atoms with Crippen molar-refractivity contribution in [2.75, 3.05) is 0 Å². The van der Waals surface area contributed by atoms with E-state index in [2.05, 4.69) is 44.0 Å². The number of amides is 2. The average molecular weight is 338 g/mol. The molecule has 130 valence electrons. The molecule has 1 aliphatic carbocycles. The number of benzene rings is 1. The normalized spacial score (nSPS) is 16.6. The topological polar surface area (TPSA) is 87.6 Å². The Morgan fingerprint density at radius 2 is 2.32 bits per heavy atom. The summed E-state index contributed by atoms with van der Waals surface area (Å²) in [4.78, 5) is 16.9. The van der Waals surface area contributed by atoms with Gasteiger partial charge < -0.3 is 15.2 Å². The summed E-state index contributed by atoms with van der Waals surface area (Å²) in [5.74, 6) is 0.835. The maximum Gasteiger partial charge on any atom is 0.315 e. The SMILES string of the molecule is Cc1ccc2c(c1)nc(CNC(=O)N[C@@H]1CCCc3cn[nH]c31)n2C. The Balaban J connectivity index is 1.42. The molecule has 7 nitrogen and oxygen atoms in total. The molecule has 0 saturated carbocycles. The smallest absolute Gasteiger partial charge is 0.315 e. The number of aryl methyl sites for hydroxylation is 3. The highest BCUT2D eigenvalue weighted by molar-refractivity contribution is 5.77. The van der Waals surface area contributed by atoms with Crippen LogP contribution in [0.25, 0.3) is 11.0 Å². The number of imidazole rings is 1. The molecule has 2 amide bonds. The third-order valence-corrected chi connectivity index (χ3v) is 4.88. The van der Waals surface area contributed by atoms with Crippen LogP contribution in [-0.4, -0.2) is 25.8 Å². The lowest BCUT2D eigenvalue weighted by Gasteiger charge is -2.23. The summed E-state index contributed by atoms with van der Waals surface area (Å²) < 4.78 is 2.02. The zero-order valence-corrected chi connectivity index (χ0v) is 14.5. The highest BCUT2D eigenvalue weighted by Gasteiger charge is 2.23. The van der Waals surface area contributed by atoms with Gasteiger partial charge in [0.25, 0.3) is 0 Å². The van der Waals surface area contributed by atoms with Gasteiger partial charge in [0.15, 0.2) is 0 Å². The minimum atomic E-state index is -0.185. The van der Waals surface area contributed by atoms with Crippen LogP contribution in [-0.2, 0) is 20.0 Å². The van der Waals surface area contributed by atoms with E-state index in [1.165, 1.54) is 11.1 Å². The lowest BCUT2D eigenvalue weighted by Crippen LogP contribution is -2.39. The molecule has 0 radical (unpaired) electrons. The van der Waals surface area contributed by atoms with Crippen LogP contribution in [0, 0.1) is 6.92 Å². The number of hydrogen-bond donors (Lipinski definition) is 3. The molecule has 3 aromatic rings. The van der Waals surface area contributed by atoms with Crippen molar-refractivity contribution >= 4 is 17.1 Å². The summed E-state index contributed by atoms with van der Waals surface area (Å²) in [6.07, 6.45) is 4.85.